The summed E-state index contributed by atoms with van der Waals surface area (Å²) in [4.78, 5) is 26.3. The molecule has 6 nitrogen and oxygen atoms in total. The summed E-state index contributed by atoms with van der Waals surface area (Å²) in [6, 6.07) is 0. The van der Waals surface area contributed by atoms with Crippen LogP contribution in [0.5, 0.6) is 0 Å². The number of ether oxygens (including phenoxy) is 2. The second-order valence-electron chi connectivity index (χ2n) is 4.40. The molecule has 2 saturated heterocycles. The Balaban J connectivity index is 1.83. The Morgan fingerprint density at radius 1 is 1.24 bits per heavy atom. The Hall–Kier alpha value is -0.980. The van der Waals surface area contributed by atoms with Crippen molar-refractivity contribution in [3.8, 4) is 0 Å². The first kappa shape index (κ1) is 12.5. The Bertz CT molecular complexity index is 292. The lowest BCUT2D eigenvalue weighted by atomic mass is 10.2. The Kier molecular flexibility index (Phi) is 4.09. The van der Waals surface area contributed by atoms with Crippen molar-refractivity contribution in [3.63, 3.8) is 0 Å². The van der Waals surface area contributed by atoms with Crippen LogP contribution in [0, 0.1) is 0 Å². The van der Waals surface area contributed by atoms with E-state index in [4.69, 9.17) is 4.74 Å². The number of morpholine rings is 2. The van der Waals surface area contributed by atoms with Crippen molar-refractivity contribution in [2.45, 2.75) is 13.0 Å². The van der Waals surface area contributed by atoms with Gasteiger partial charge in [0.1, 0.15) is 0 Å². The largest absolute Gasteiger partial charge is 0.391 e. The van der Waals surface area contributed by atoms with Crippen LogP contribution in [0.15, 0.2) is 0 Å². The normalized spacial score (nSPS) is 28.2. The fourth-order valence-electron chi connectivity index (χ4n) is 2.21. The fourth-order valence-corrected chi connectivity index (χ4v) is 2.21. The molecule has 0 spiro atoms. The van der Waals surface area contributed by atoms with Crippen LogP contribution < -0.4 is 0 Å². The summed E-state index contributed by atoms with van der Waals surface area (Å²) in [5.41, 5.74) is 0. The number of rotatable bonds is 3. The van der Waals surface area contributed by atoms with E-state index >= 15 is 0 Å². The van der Waals surface area contributed by atoms with Crippen LogP contribution in [0.2, 0.25) is 0 Å². The van der Waals surface area contributed by atoms with Gasteiger partial charge in [-0.15, -0.1) is 0 Å². The van der Waals surface area contributed by atoms with Gasteiger partial charge >= 0.3 is 11.9 Å². The molecule has 0 N–H and O–H groups in total. The molecule has 6 heteroatoms. The smallest absolute Gasteiger partial charge is 0.327 e. The number of nitrogens with zero attached hydrogens (tertiary/aromatic N) is 2. The lowest BCUT2D eigenvalue weighted by Crippen LogP contribution is -2.51. The Morgan fingerprint density at radius 2 is 1.94 bits per heavy atom. The van der Waals surface area contributed by atoms with E-state index in [1.807, 2.05) is 0 Å². The second kappa shape index (κ2) is 5.57. The highest BCUT2D eigenvalue weighted by molar-refractivity contribution is 5.90. The molecule has 2 aliphatic heterocycles. The van der Waals surface area contributed by atoms with Crippen molar-refractivity contribution >= 4 is 11.9 Å². The number of hydrogen-bond donors (Lipinski definition) is 0. The molecule has 0 aromatic rings. The van der Waals surface area contributed by atoms with E-state index < -0.39 is 11.9 Å². The van der Waals surface area contributed by atoms with Crippen molar-refractivity contribution in [2.75, 3.05) is 45.9 Å². The molecule has 0 amide bonds. The molecule has 0 bridgehead atoms. The maximum absolute atomic E-state index is 11.1. The van der Waals surface area contributed by atoms with Gasteiger partial charge in [-0.1, -0.05) is 6.92 Å². The summed E-state index contributed by atoms with van der Waals surface area (Å²) in [6.07, 6.45) is 0.0717. The van der Waals surface area contributed by atoms with E-state index in [2.05, 4.69) is 16.6 Å². The van der Waals surface area contributed by atoms with E-state index in [1.165, 1.54) is 0 Å². The molecule has 1 atom stereocenters. The first-order valence-electron chi connectivity index (χ1n) is 5.97. The molecule has 1 unspecified atom stereocenters. The van der Waals surface area contributed by atoms with Crippen molar-refractivity contribution < 1.29 is 19.1 Å². The Labute approximate surface area is 100 Å². The number of carbonyl (C=O) groups excluding carboxylic acids is 2. The van der Waals surface area contributed by atoms with Gasteiger partial charge in [0.05, 0.1) is 25.8 Å². The van der Waals surface area contributed by atoms with Crippen molar-refractivity contribution in [1.82, 2.24) is 9.80 Å². The molecule has 0 saturated carbocycles. The summed E-state index contributed by atoms with van der Waals surface area (Å²) in [5, 5.41) is 0. The van der Waals surface area contributed by atoms with Crippen LogP contribution in [-0.2, 0) is 19.1 Å². The number of likely N-dealkylation sites (N-methyl/N-ethyl adjacent to an activating group) is 1. The molecule has 2 rings (SSSR count). The van der Waals surface area contributed by atoms with Crippen LogP contribution in [0.25, 0.3) is 0 Å². The van der Waals surface area contributed by atoms with Gasteiger partial charge in [-0.05, 0) is 6.54 Å². The molecule has 2 aliphatic rings. The maximum atomic E-state index is 11.1. The van der Waals surface area contributed by atoms with E-state index in [0.29, 0.717) is 13.2 Å². The molecule has 0 aromatic carbocycles. The van der Waals surface area contributed by atoms with E-state index in [9.17, 15) is 9.59 Å². The molecule has 96 valence electrons. The number of hydrogen-bond acceptors (Lipinski definition) is 6. The summed E-state index contributed by atoms with van der Waals surface area (Å²) in [7, 11) is 0. The Morgan fingerprint density at radius 3 is 2.59 bits per heavy atom. The predicted octanol–water partition coefficient (Wildman–Crippen LogP) is -0.907. The van der Waals surface area contributed by atoms with Crippen LogP contribution in [0.4, 0.5) is 0 Å². The summed E-state index contributed by atoms with van der Waals surface area (Å²) in [5.74, 6) is -0.936. The zero-order valence-electron chi connectivity index (χ0n) is 10.1. The molecule has 0 aromatic heterocycles. The average Bonchev–Trinajstić information content (AvgIpc) is 2.28. The molecule has 0 radical (unpaired) electrons. The SMILES string of the molecule is CCN1CCOC(CN2CC(=O)OC(=O)C2)C1. The zero-order valence-corrected chi connectivity index (χ0v) is 10.1. The highest BCUT2D eigenvalue weighted by atomic mass is 16.6. The van der Waals surface area contributed by atoms with Crippen LogP contribution in [-0.4, -0.2) is 73.7 Å². The number of cyclic esters (lactones) is 2. The fraction of sp³-hybridized carbons (Fsp3) is 0.818. The average molecular weight is 242 g/mol. The lowest BCUT2D eigenvalue weighted by Gasteiger charge is -2.35. The van der Waals surface area contributed by atoms with Gasteiger partial charge in [0.2, 0.25) is 0 Å². The van der Waals surface area contributed by atoms with Gasteiger partial charge in [-0.2, -0.15) is 0 Å². The second-order valence-corrected chi connectivity index (χ2v) is 4.40. The monoisotopic (exact) mass is 242 g/mol. The minimum atomic E-state index is -0.468. The highest BCUT2D eigenvalue weighted by Crippen LogP contribution is 2.08. The highest BCUT2D eigenvalue weighted by Gasteiger charge is 2.28. The van der Waals surface area contributed by atoms with Crippen LogP contribution >= 0.6 is 0 Å². The molecular formula is C11H18N2O4. The molecule has 0 aliphatic carbocycles. The van der Waals surface area contributed by atoms with Gasteiger partial charge in [0.15, 0.2) is 0 Å². The van der Waals surface area contributed by atoms with Crippen molar-refractivity contribution in [3.05, 3.63) is 0 Å². The van der Waals surface area contributed by atoms with Gasteiger partial charge in [-0.3, -0.25) is 19.4 Å². The van der Waals surface area contributed by atoms with Crippen LogP contribution in [0.3, 0.4) is 0 Å². The summed E-state index contributed by atoms with van der Waals surface area (Å²) < 4.78 is 10.1. The third-order valence-corrected chi connectivity index (χ3v) is 3.07. The lowest BCUT2D eigenvalue weighted by molar-refractivity contribution is -0.167. The maximum Gasteiger partial charge on any atom is 0.327 e. The molecule has 2 heterocycles. The van der Waals surface area contributed by atoms with Gasteiger partial charge in [-0.25, -0.2) is 0 Å². The molecular weight excluding hydrogens is 224 g/mol. The number of carbonyl (C=O) groups is 2. The minimum absolute atomic E-state index is 0.0717. The van der Waals surface area contributed by atoms with Crippen LogP contribution in [0.1, 0.15) is 6.92 Å². The summed E-state index contributed by atoms with van der Waals surface area (Å²) >= 11 is 0. The zero-order chi connectivity index (χ0) is 12.3. The standard InChI is InChI=1S/C11H18N2O4/c1-2-12-3-4-16-9(5-12)6-13-7-10(14)17-11(15)8-13/h9H,2-8H2,1H3. The van der Waals surface area contributed by atoms with E-state index in [0.717, 1.165) is 19.6 Å². The van der Waals surface area contributed by atoms with E-state index in [1.54, 1.807) is 4.90 Å². The first-order chi connectivity index (χ1) is 8.17. The third-order valence-electron chi connectivity index (χ3n) is 3.07. The minimum Gasteiger partial charge on any atom is -0.391 e. The van der Waals surface area contributed by atoms with E-state index in [-0.39, 0.29) is 19.2 Å². The topological polar surface area (TPSA) is 59.1 Å². The first-order valence-corrected chi connectivity index (χ1v) is 5.97. The summed E-state index contributed by atoms with van der Waals surface area (Å²) in [6.45, 7) is 6.60. The predicted molar refractivity (Wildman–Crippen MR) is 59.4 cm³/mol. The van der Waals surface area contributed by atoms with Crippen molar-refractivity contribution in [1.29, 1.82) is 0 Å². The quantitative estimate of drug-likeness (QED) is 0.472. The van der Waals surface area contributed by atoms with Gasteiger partial charge < -0.3 is 9.47 Å². The molecule has 2 fully saturated rings. The third kappa shape index (κ3) is 3.49. The van der Waals surface area contributed by atoms with Gasteiger partial charge in [0.25, 0.3) is 0 Å². The van der Waals surface area contributed by atoms with Gasteiger partial charge in [0, 0.05) is 19.6 Å². The molecule has 17 heavy (non-hydrogen) atoms. The van der Waals surface area contributed by atoms with Crippen molar-refractivity contribution in [2.24, 2.45) is 0 Å². The number of esters is 2.